The smallest absolute Gasteiger partial charge is 0.342 e. The molecule has 0 radical (unpaired) electrons. The van der Waals surface area contributed by atoms with Crippen LogP contribution in [0.1, 0.15) is 36.1 Å². The van der Waals surface area contributed by atoms with Crippen LogP contribution in [0.15, 0.2) is 30.3 Å². The van der Waals surface area contributed by atoms with Gasteiger partial charge in [0, 0.05) is 25.4 Å². The molecule has 1 amide bonds. The highest BCUT2D eigenvalue weighted by atomic mass is 19.4. The van der Waals surface area contributed by atoms with Crippen molar-refractivity contribution in [1.29, 1.82) is 0 Å². The number of nitrogens with one attached hydrogen (secondary N) is 1. The first kappa shape index (κ1) is 16.4. The maximum absolute atomic E-state index is 13.3. The predicted molar refractivity (Wildman–Crippen MR) is 78.0 cm³/mol. The third-order valence-corrected chi connectivity index (χ3v) is 4.24. The second-order valence-electron chi connectivity index (χ2n) is 5.80. The summed E-state index contributed by atoms with van der Waals surface area (Å²) in [7, 11) is 0. The molecule has 0 spiro atoms. The topological polar surface area (TPSA) is 74.8 Å². The fraction of sp³-hybridized carbons (Fsp3) is 0.467. The number of hydrogen-bond acceptors (Lipinski definition) is 4. The molecule has 1 fully saturated rings. The average molecular weight is 339 g/mol. The molecule has 1 saturated heterocycles. The van der Waals surface area contributed by atoms with Crippen LogP contribution in [-0.2, 0) is 4.79 Å². The number of rotatable bonds is 4. The Hall–Kier alpha value is -2.45. The van der Waals surface area contributed by atoms with Crippen LogP contribution in [0.5, 0.6) is 0 Å². The summed E-state index contributed by atoms with van der Waals surface area (Å²) in [6, 6.07) is 7.53. The lowest BCUT2D eigenvalue weighted by Gasteiger charge is -2.23. The van der Waals surface area contributed by atoms with Crippen LogP contribution in [0.3, 0.4) is 0 Å². The lowest BCUT2D eigenvalue weighted by molar-refractivity contribution is -0.160. The van der Waals surface area contributed by atoms with Gasteiger partial charge in [-0.3, -0.25) is 4.79 Å². The zero-order valence-corrected chi connectivity index (χ0v) is 12.7. The number of benzene rings is 1. The van der Waals surface area contributed by atoms with E-state index in [1.807, 2.05) is 0 Å². The summed E-state index contributed by atoms with van der Waals surface area (Å²) in [5.74, 6) is -1.91. The van der Waals surface area contributed by atoms with Crippen molar-refractivity contribution in [1.82, 2.24) is 25.5 Å². The molecule has 9 heteroatoms. The van der Waals surface area contributed by atoms with Gasteiger partial charge >= 0.3 is 6.18 Å². The number of aromatic amines is 1. The lowest BCUT2D eigenvalue weighted by atomic mass is 9.94. The van der Waals surface area contributed by atoms with Gasteiger partial charge in [0.05, 0.1) is 5.92 Å². The van der Waals surface area contributed by atoms with Crippen molar-refractivity contribution in [3.63, 3.8) is 0 Å². The first-order valence-corrected chi connectivity index (χ1v) is 7.58. The minimum atomic E-state index is -4.47. The van der Waals surface area contributed by atoms with E-state index in [1.165, 1.54) is 17.0 Å². The highest BCUT2D eigenvalue weighted by Crippen LogP contribution is 2.38. The molecule has 2 unspecified atom stereocenters. The van der Waals surface area contributed by atoms with E-state index in [0.29, 0.717) is 25.3 Å². The highest BCUT2D eigenvalue weighted by Gasteiger charge is 2.43. The molecule has 0 aliphatic carbocycles. The third-order valence-electron chi connectivity index (χ3n) is 4.24. The molecule has 1 aliphatic heterocycles. The summed E-state index contributed by atoms with van der Waals surface area (Å²) in [5, 5.41) is 13.6. The minimum absolute atomic E-state index is 0.0891. The van der Waals surface area contributed by atoms with Crippen LogP contribution in [-0.4, -0.2) is 50.7 Å². The van der Waals surface area contributed by atoms with Gasteiger partial charge in [-0.2, -0.15) is 18.4 Å². The van der Waals surface area contributed by atoms with Gasteiger partial charge in [0.15, 0.2) is 5.82 Å². The van der Waals surface area contributed by atoms with Gasteiger partial charge in [-0.15, -0.1) is 10.2 Å². The van der Waals surface area contributed by atoms with Crippen LogP contribution in [0.4, 0.5) is 13.2 Å². The van der Waals surface area contributed by atoms with E-state index in [4.69, 9.17) is 0 Å². The molecular weight excluding hydrogens is 323 g/mol. The van der Waals surface area contributed by atoms with Crippen LogP contribution in [0, 0.1) is 0 Å². The van der Waals surface area contributed by atoms with Crippen molar-refractivity contribution in [2.75, 3.05) is 13.1 Å². The summed E-state index contributed by atoms with van der Waals surface area (Å²) in [6.07, 6.45) is -4.44. The first-order chi connectivity index (χ1) is 11.4. The Morgan fingerprint density at radius 2 is 2.08 bits per heavy atom. The molecule has 0 saturated carbocycles. The molecule has 128 valence electrons. The number of tetrazole rings is 1. The molecule has 3 rings (SSSR count). The SMILES string of the molecule is O=C(CC(c1ccccc1)C(F)(F)F)N1CCC(c2nn[nH]n2)C1. The van der Waals surface area contributed by atoms with E-state index in [1.54, 1.807) is 18.2 Å². The lowest BCUT2D eigenvalue weighted by Crippen LogP contribution is -2.33. The average Bonchev–Trinajstić information content (AvgIpc) is 3.22. The number of aromatic nitrogens is 4. The number of halogens is 3. The molecule has 1 aromatic carbocycles. The fourth-order valence-electron chi connectivity index (χ4n) is 2.95. The second kappa shape index (κ2) is 6.58. The maximum atomic E-state index is 13.3. The molecule has 2 atom stereocenters. The molecule has 2 heterocycles. The largest absolute Gasteiger partial charge is 0.396 e. The molecule has 1 N–H and O–H groups in total. The summed E-state index contributed by atoms with van der Waals surface area (Å²) in [5.41, 5.74) is 0.104. The zero-order chi connectivity index (χ0) is 17.2. The van der Waals surface area contributed by atoms with Crippen LogP contribution in [0.25, 0.3) is 0 Å². The van der Waals surface area contributed by atoms with Gasteiger partial charge in [-0.1, -0.05) is 35.5 Å². The Kier molecular flexibility index (Phi) is 4.50. The van der Waals surface area contributed by atoms with Gasteiger partial charge in [-0.05, 0) is 12.0 Å². The second-order valence-corrected chi connectivity index (χ2v) is 5.80. The Labute approximate surface area is 136 Å². The fourth-order valence-corrected chi connectivity index (χ4v) is 2.95. The zero-order valence-electron chi connectivity index (χ0n) is 12.7. The maximum Gasteiger partial charge on any atom is 0.396 e. The molecule has 6 nitrogen and oxygen atoms in total. The van der Waals surface area contributed by atoms with Gasteiger partial charge in [0.2, 0.25) is 5.91 Å². The van der Waals surface area contributed by atoms with Gasteiger partial charge in [-0.25, -0.2) is 0 Å². The normalized spacial score (nSPS) is 19.5. The van der Waals surface area contributed by atoms with Crippen LogP contribution in [0.2, 0.25) is 0 Å². The van der Waals surface area contributed by atoms with Crippen molar-refractivity contribution in [3.8, 4) is 0 Å². The Balaban J connectivity index is 1.68. The van der Waals surface area contributed by atoms with E-state index in [-0.39, 0.29) is 11.5 Å². The van der Waals surface area contributed by atoms with Crippen molar-refractivity contribution >= 4 is 5.91 Å². The Morgan fingerprint density at radius 1 is 1.33 bits per heavy atom. The third kappa shape index (κ3) is 3.55. The quantitative estimate of drug-likeness (QED) is 0.927. The van der Waals surface area contributed by atoms with E-state index < -0.39 is 24.4 Å². The van der Waals surface area contributed by atoms with Crippen molar-refractivity contribution in [2.24, 2.45) is 0 Å². The Morgan fingerprint density at radius 3 is 2.71 bits per heavy atom. The van der Waals surface area contributed by atoms with Crippen molar-refractivity contribution in [3.05, 3.63) is 41.7 Å². The highest BCUT2D eigenvalue weighted by molar-refractivity contribution is 5.77. The summed E-state index contributed by atoms with van der Waals surface area (Å²) in [6.45, 7) is 0.717. The number of hydrogen-bond donors (Lipinski definition) is 1. The number of H-pyrrole nitrogens is 1. The van der Waals surface area contributed by atoms with E-state index >= 15 is 0 Å². The molecule has 0 bridgehead atoms. The number of carbonyl (C=O) groups is 1. The first-order valence-electron chi connectivity index (χ1n) is 7.58. The summed E-state index contributed by atoms with van der Waals surface area (Å²) < 4.78 is 40.0. The van der Waals surface area contributed by atoms with Gasteiger partial charge in [0.1, 0.15) is 0 Å². The summed E-state index contributed by atoms with van der Waals surface area (Å²) in [4.78, 5) is 13.8. The van der Waals surface area contributed by atoms with Gasteiger partial charge < -0.3 is 4.90 Å². The molecule has 1 aromatic heterocycles. The van der Waals surface area contributed by atoms with Crippen LogP contribution < -0.4 is 0 Å². The van der Waals surface area contributed by atoms with Crippen molar-refractivity contribution in [2.45, 2.75) is 30.9 Å². The van der Waals surface area contributed by atoms with Crippen LogP contribution >= 0.6 is 0 Å². The van der Waals surface area contributed by atoms with E-state index in [0.717, 1.165) is 0 Å². The van der Waals surface area contributed by atoms with Gasteiger partial charge in [0.25, 0.3) is 0 Å². The molecular formula is C15H16F3N5O. The number of alkyl halides is 3. The summed E-state index contributed by atoms with van der Waals surface area (Å²) >= 11 is 0. The number of carbonyl (C=O) groups excluding carboxylic acids is 1. The molecule has 1 aliphatic rings. The van der Waals surface area contributed by atoms with E-state index in [2.05, 4.69) is 20.6 Å². The monoisotopic (exact) mass is 339 g/mol. The van der Waals surface area contributed by atoms with Crippen molar-refractivity contribution < 1.29 is 18.0 Å². The number of likely N-dealkylation sites (tertiary alicyclic amines) is 1. The predicted octanol–water partition coefficient (Wildman–Crippen LogP) is 2.25. The Bertz CT molecular complexity index is 674. The molecule has 2 aromatic rings. The standard InChI is InChI=1S/C15H16F3N5O/c16-15(17,18)12(10-4-2-1-3-5-10)8-13(24)23-7-6-11(9-23)14-19-21-22-20-14/h1-5,11-12H,6-9H2,(H,19,20,21,22). The molecule has 24 heavy (non-hydrogen) atoms. The minimum Gasteiger partial charge on any atom is -0.342 e. The van der Waals surface area contributed by atoms with E-state index in [9.17, 15) is 18.0 Å². The number of amides is 1. The number of nitrogens with zero attached hydrogens (tertiary/aromatic N) is 4.